The number of hydrogen-bond donors (Lipinski definition) is 0. The zero-order chi connectivity index (χ0) is 25.5. The number of rotatable bonds is 4. The Kier molecular flexibility index (Phi) is 6.78. The maximum absolute atomic E-state index is 13.9. The summed E-state index contributed by atoms with van der Waals surface area (Å²) in [5.74, 6) is 0.722. The normalized spacial score (nSPS) is 24.5. The van der Waals surface area contributed by atoms with Gasteiger partial charge in [0.1, 0.15) is 6.04 Å². The van der Waals surface area contributed by atoms with Crippen molar-refractivity contribution < 1.29 is 4.79 Å². The summed E-state index contributed by atoms with van der Waals surface area (Å²) in [7, 11) is 2.09. The predicted molar refractivity (Wildman–Crippen MR) is 145 cm³/mol. The molecule has 3 atom stereocenters. The number of imidazole rings is 1. The fourth-order valence-corrected chi connectivity index (χ4v) is 6.61. The van der Waals surface area contributed by atoms with Crippen LogP contribution < -0.4 is 0 Å². The predicted octanol–water partition coefficient (Wildman–Crippen LogP) is 3.59. The molecule has 2 fully saturated rings. The number of pyridine rings is 1. The van der Waals surface area contributed by atoms with Gasteiger partial charge in [-0.05, 0) is 74.0 Å². The van der Waals surface area contributed by atoms with Crippen molar-refractivity contribution in [1.82, 2.24) is 29.2 Å². The van der Waals surface area contributed by atoms with Gasteiger partial charge in [-0.1, -0.05) is 23.7 Å². The Morgan fingerprint density at radius 2 is 1.95 bits per heavy atom. The molecule has 4 heterocycles. The Balaban J connectivity index is 1.23. The van der Waals surface area contributed by atoms with Crippen LogP contribution in [0.4, 0.5) is 0 Å². The summed E-state index contributed by atoms with van der Waals surface area (Å²) in [4.78, 5) is 29.9. The van der Waals surface area contributed by atoms with Gasteiger partial charge in [-0.3, -0.25) is 19.6 Å². The fraction of sp³-hybridized carbons (Fsp3) is 0.483. The summed E-state index contributed by atoms with van der Waals surface area (Å²) in [6.45, 7) is 7.02. The highest BCUT2D eigenvalue weighted by Gasteiger charge is 2.40. The molecule has 2 saturated heterocycles. The van der Waals surface area contributed by atoms with E-state index in [0.717, 1.165) is 68.4 Å². The van der Waals surface area contributed by atoms with E-state index in [9.17, 15) is 4.79 Å². The minimum absolute atomic E-state index is 0.0331. The minimum atomic E-state index is -0.158. The van der Waals surface area contributed by atoms with Gasteiger partial charge in [0.05, 0.1) is 23.8 Å². The number of likely N-dealkylation sites (N-methyl/N-ethyl adjacent to an activating group) is 1. The van der Waals surface area contributed by atoms with Gasteiger partial charge in [0.15, 0.2) is 0 Å². The van der Waals surface area contributed by atoms with Crippen LogP contribution in [-0.4, -0.2) is 81.0 Å². The van der Waals surface area contributed by atoms with E-state index in [0.29, 0.717) is 12.5 Å². The van der Waals surface area contributed by atoms with Crippen LogP contribution >= 0.6 is 11.6 Å². The molecule has 8 heteroatoms. The van der Waals surface area contributed by atoms with E-state index in [4.69, 9.17) is 16.6 Å². The Hall–Kier alpha value is -2.74. The van der Waals surface area contributed by atoms with E-state index in [1.165, 1.54) is 16.7 Å². The highest BCUT2D eigenvalue weighted by molar-refractivity contribution is 6.30. The van der Waals surface area contributed by atoms with Gasteiger partial charge < -0.3 is 9.47 Å². The Bertz CT molecular complexity index is 1290. The molecule has 6 rings (SSSR count). The molecule has 37 heavy (non-hydrogen) atoms. The number of fused-ring (bicyclic) bond motifs is 2. The first-order chi connectivity index (χ1) is 18.0. The second kappa shape index (κ2) is 10.2. The van der Waals surface area contributed by atoms with E-state index in [1.807, 2.05) is 31.6 Å². The summed E-state index contributed by atoms with van der Waals surface area (Å²) in [5, 5.41) is 0.775. The second-order valence-corrected chi connectivity index (χ2v) is 11.4. The second-order valence-electron chi connectivity index (χ2n) is 10.9. The van der Waals surface area contributed by atoms with Gasteiger partial charge >= 0.3 is 0 Å². The summed E-state index contributed by atoms with van der Waals surface area (Å²) in [5.41, 5.74) is 6.01. The van der Waals surface area contributed by atoms with Crippen LogP contribution in [0, 0.1) is 12.8 Å². The number of hydrogen-bond acceptors (Lipinski definition) is 5. The largest absolute Gasteiger partial charge is 0.341 e. The Labute approximate surface area is 224 Å². The van der Waals surface area contributed by atoms with Gasteiger partial charge in [-0.2, -0.15) is 0 Å². The number of amides is 1. The molecule has 1 unspecified atom stereocenters. The van der Waals surface area contributed by atoms with Crippen molar-refractivity contribution in [3.63, 3.8) is 0 Å². The van der Waals surface area contributed by atoms with E-state index in [1.54, 1.807) is 0 Å². The lowest BCUT2D eigenvalue weighted by atomic mass is 9.95. The number of likely N-dealkylation sites (tertiary alicyclic amines) is 1. The number of aryl methyl sites for hydroxylation is 3. The number of halogens is 1. The minimum Gasteiger partial charge on any atom is -0.341 e. The molecule has 3 aliphatic rings. The molecule has 2 aromatic heterocycles. The first-order valence-electron chi connectivity index (χ1n) is 13.4. The van der Waals surface area contributed by atoms with Crippen LogP contribution in [0.3, 0.4) is 0 Å². The lowest BCUT2D eigenvalue weighted by molar-refractivity contribution is -0.138. The first kappa shape index (κ1) is 24.6. The SMILES string of the molecule is Cc1cn(C[C@H]2CCN(C(=O)[C@H]3CN(C4c5ccc(Cl)cc5CCc5cccnc54)CCN3C)C2)cn1. The molecule has 1 amide bonds. The van der Waals surface area contributed by atoms with Gasteiger partial charge in [0.25, 0.3) is 0 Å². The van der Waals surface area contributed by atoms with E-state index in [2.05, 4.69) is 55.7 Å². The van der Waals surface area contributed by atoms with Crippen LogP contribution in [-0.2, 0) is 24.2 Å². The summed E-state index contributed by atoms with van der Waals surface area (Å²) in [6, 6.07) is 10.4. The molecule has 0 spiro atoms. The summed E-state index contributed by atoms with van der Waals surface area (Å²) >= 11 is 6.40. The molecule has 0 bridgehead atoms. The molecule has 2 aliphatic heterocycles. The van der Waals surface area contributed by atoms with Gasteiger partial charge in [0, 0.05) is 56.7 Å². The maximum atomic E-state index is 13.9. The number of piperazine rings is 1. The van der Waals surface area contributed by atoms with Crippen molar-refractivity contribution in [1.29, 1.82) is 0 Å². The topological polar surface area (TPSA) is 57.5 Å². The van der Waals surface area contributed by atoms with Gasteiger partial charge in [-0.15, -0.1) is 0 Å². The molecule has 0 N–H and O–H groups in total. The number of benzene rings is 1. The summed E-state index contributed by atoms with van der Waals surface area (Å²) in [6.07, 6.45) is 8.83. The van der Waals surface area contributed by atoms with E-state index in [-0.39, 0.29) is 18.0 Å². The molecule has 1 aliphatic carbocycles. The fourth-order valence-electron chi connectivity index (χ4n) is 6.41. The molecule has 0 radical (unpaired) electrons. The van der Waals surface area contributed by atoms with Crippen molar-refractivity contribution in [2.75, 3.05) is 39.8 Å². The highest BCUT2D eigenvalue weighted by Crippen LogP contribution is 2.38. The zero-order valence-electron chi connectivity index (χ0n) is 21.7. The highest BCUT2D eigenvalue weighted by atomic mass is 35.5. The third kappa shape index (κ3) is 4.92. The smallest absolute Gasteiger partial charge is 0.241 e. The first-order valence-corrected chi connectivity index (χ1v) is 13.8. The summed E-state index contributed by atoms with van der Waals surface area (Å²) < 4.78 is 2.16. The lowest BCUT2D eigenvalue weighted by Gasteiger charge is -2.43. The molecule has 0 saturated carbocycles. The lowest BCUT2D eigenvalue weighted by Crippen LogP contribution is -2.58. The Morgan fingerprint density at radius 3 is 2.78 bits per heavy atom. The van der Waals surface area contributed by atoms with Crippen molar-refractivity contribution in [3.8, 4) is 0 Å². The monoisotopic (exact) mass is 518 g/mol. The van der Waals surface area contributed by atoms with Crippen LogP contribution in [0.1, 0.15) is 40.5 Å². The van der Waals surface area contributed by atoms with E-state index < -0.39 is 0 Å². The molecule has 7 nitrogen and oxygen atoms in total. The van der Waals surface area contributed by atoms with E-state index >= 15 is 0 Å². The number of nitrogens with zero attached hydrogens (tertiary/aromatic N) is 6. The van der Waals surface area contributed by atoms with Gasteiger partial charge in [0.2, 0.25) is 5.91 Å². The van der Waals surface area contributed by atoms with Crippen molar-refractivity contribution in [2.24, 2.45) is 5.92 Å². The molecule has 194 valence electrons. The average molecular weight is 519 g/mol. The zero-order valence-corrected chi connectivity index (χ0v) is 22.4. The molecular formula is C29H35ClN6O. The Morgan fingerprint density at radius 1 is 1.08 bits per heavy atom. The molecular weight excluding hydrogens is 484 g/mol. The van der Waals surface area contributed by atoms with Crippen molar-refractivity contribution >= 4 is 17.5 Å². The maximum Gasteiger partial charge on any atom is 0.241 e. The van der Waals surface area contributed by atoms with Crippen LogP contribution in [0.5, 0.6) is 0 Å². The third-order valence-electron chi connectivity index (χ3n) is 8.41. The van der Waals surface area contributed by atoms with Crippen LogP contribution in [0.25, 0.3) is 0 Å². The standard InChI is InChI=1S/C29H35ClN6O/c1-20-15-34(19-32-20)16-21-9-11-36(17-21)29(37)26-18-35(13-12-33(26)2)28-25-8-7-24(30)14-23(25)6-5-22-4-3-10-31-27(22)28/h3-4,7-8,10,14-15,19,21,26,28H,5-6,9,11-13,16-18H2,1-2H3/t21-,26-,28?/m1/s1. The third-order valence-corrected chi connectivity index (χ3v) is 8.64. The number of carbonyl (C=O) groups excluding carboxylic acids is 1. The van der Waals surface area contributed by atoms with Crippen LogP contribution in [0.15, 0.2) is 49.1 Å². The average Bonchev–Trinajstić information content (AvgIpc) is 3.50. The van der Waals surface area contributed by atoms with Crippen LogP contribution in [0.2, 0.25) is 5.02 Å². The van der Waals surface area contributed by atoms with Crippen molar-refractivity contribution in [3.05, 3.63) is 82.2 Å². The van der Waals surface area contributed by atoms with Crippen molar-refractivity contribution in [2.45, 2.75) is 44.8 Å². The number of aromatic nitrogens is 3. The van der Waals surface area contributed by atoms with Gasteiger partial charge in [-0.25, -0.2) is 4.98 Å². The quantitative estimate of drug-likeness (QED) is 0.528. The molecule has 3 aromatic rings. The number of carbonyl (C=O) groups is 1. The molecule has 1 aromatic carbocycles.